The van der Waals surface area contributed by atoms with Crippen LogP contribution in [0.3, 0.4) is 0 Å². The van der Waals surface area contributed by atoms with E-state index in [2.05, 4.69) is 49.9 Å². The zero-order valence-electron chi connectivity index (χ0n) is 10.6. The van der Waals surface area contributed by atoms with E-state index in [-0.39, 0.29) is 0 Å². The number of ether oxygens (including phenoxy) is 1. The summed E-state index contributed by atoms with van der Waals surface area (Å²) < 4.78 is 5.95. The lowest BCUT2D eigenvalue weighted by Crippen LogP contribution is -2.18. The van der Waals surface area contributed by atoms with Crippen LogP contribution in [0, 0.1) is 0 Å². The van der Waals surface area contributed by atoms with E-state index in [9.17, 15) is 0 Å². The average Bonchev–Trinajstić information content (AvgIpc) is 2.80. The molecule has 1 aliphatic carbocycles. The van der Waals surface area contributed by atoms with Crippen LogP contribution in [-0.4, -0.2) is 34.1 Å². The summed E-state index contributed by atoms with van der Waals surface area (Å²) in [5.74, 6) is 2.42. The van der Waals surface area contributed by atoms with E-state index in [1.807, 2.05) is 0 Å². The van der Waals surface area contributed by atoms with Crippen molar-refractivity contribution in [1.29, 1.82) is 0 Å². The van der Waals surface area contributed by atoms with Gasteiger partial charge in [0.1, 0.15) is 0 Å². The Balaban J connectivity index is 1.94. The lowest BCUT2D eigenvalue weighted by atomic mass is 10.2. The number of aromatic nitrogens is 2. The number of methoxy groups -OCH3 is 1. The molecule has 0 aromatic carbocycles. The monoisotopic (exact) mass is 331 g/mol. The summed E-state index contributed by atoms with van der Waals surface area (Å²) in [7, 11) is 1.61. The molecule has 4 nitrogen and oxygen atoms in total. The standard InChI is InChI=1S/C12H18BrN3OS/c1-3-18-9-5-4-8(6-9)15-12-14-7-10(13)11(16-12)17-2/h7-9H,3-6H2,1-2H3,(H,14,15,16). The molecule has 0 bridgehead atoms. The van der Waals surface area contributed by atoms with Crippen molar-refractivity contribution in [1.82, 2.24) is 9.97 Å². The fraction of sp³-hybridized carbons (Fsp3) is 0.667. The molecule has 0 spiro atoms. The lowest BCUT2D eigenvalue weighted by molar-refractivity contribution is 0.394. The van der Waals surface area contributed by atoms with Crippen molar-refractivity contribution in [2.24, 2.45) is 0 Å². The van der Waals surface area contributed by atoms with Crippen molar-refractivity contribution in [3.63, 3.8) is 0 Å². The largest absolute Gasteiger partial charge is 0.480 e. The molecule has 1 N–H and O–H groups in total. The zero-order chi connectivity index (χ0) is 13.0. The van der Waals surface area contributed by atoms with Gasteiger partial charge >= 0.3 is 0 Å². The molecule has 2 atom stereocenters. The molecule has 0 radical (unpaired) electrons. The Morgan fingerprint density at radius 1 is 1.56 bits per heavy atom. The van der Waals surface area contributed by atoms with Gasteiger partial charge in [-0.3, -0.25) is 0 Å². The Morgan fingerprint density at radius 2 is 2.39 bits per heavy atom. The van der Waals surface area contributed by atoms with Crippen molar-refractivity contribution in [2.75, 3.05) is 18.2 Å². The number of anilines is 1. The number of nitrogens with zero attached hydrogens (tertiary/aromatic N) is 2. The van der Waals surface area contributed by atoms with Gasteiger partial charge in [0.25, 0.3) is 0 Å². The molecule has 1 fully saturated rings. The Morgan fingerprint density at radius 3 is 3.11 bits per heavy atom. The van der Waals surface area contributed by atoms with E-state index in [1.54, 1.807) is 13.3 Å². The highest BCUT2D eigenvalue weighted by Gasteiger charge is 2.25. The third kappa shape index (κ3) is 3.51. The van der Waals surface area contributed by atoms with E-state index in [0.29, 0.717) is 17.9 Å². The quantitative estimate of drug-likeness (QED) is 0.896. The second-order valence-electron chi connectivity index (χ2n) is 4.28. The molecular weight excluding hydrogens is 314 g/mol. The third-order valence-electron chi connectivity index (χ3n) is 3.03. The second kappa shape index (κ2) is 6.61. The molecular formula is C12H18BrN3OS. The highest BCUT2D eigenvalue weighted by atomic mass is 79.9. The van der Waals surface area contributed by atoms with E-state index >= 15 is 0 Å². The normalized spacial score (nSPS) is 23.1. The first-order valence-electron chi connectivity index (χ1n) is 6.17. The first-order chi connectivity index (χ1) is 8.72. The number of halogens is 1. The predicted octanol–water partition coefficient (Wildman–Crippen LogP) is 3.33. The number of nitrogens with one attached hydrogen (secondary N) is 1. The van der Waals surface area contributed by atoms with Crippen LogP contribution in [0.5, 0.6) is 5.88 Å². The van der Waals surface area contributed by atoms with Crippen LogP contribution >= 0.6 is 27.7 Å². The van der Waals surface area contributed by atoms with E-state index in [0.717, 1.165) is 9.72 Å². The minimum atomic E-state index is 0.486. The van der Waals surface area contributed by atoms with Gasteiger partial charge in [0, 0.05) is 11.3 Å². The van der Waals surface area contributed by atoms with Crippen LogP contribution in [0.15, 0.2) is 10.7 Å². The first kappa shape index (κ1) is 13.9. The Hall–Kier alpha value is -0.490. The van der Waals surface area contributed by atoms with Crippen molar-refractivity contribution in [2.45, 2.75) is 37.5 Å². The molecule has 1 aliphatic rings. The summed E-state index contributed by atoms with van der Waals surface area (Å²) in [5, 5.41) is 4.18. The number of hydrogen-bond acceptors (Lipinski definition) is 5. The van der Waals surface area contributed by atoms with Gasteiger partial charge in [0.15, 0.2) is 0 Å². The van der Waals surface area contributed by atoms with Gasteiger partial charge in [-0.05, 0) is 40.9 Å². The molecule has 0 aliphatic heterocycles. The Labute approximate surface area is 120 Å². The minimum Gasteiger partial charge on any atom is -0.480 e. The summed E-state index contributed by atoms with van der Waals surface area (Å²) >= 11 is 5.40. The highest BCUT2D eigenvalue weighted by molar-refractivity contribution is 9.10. The maximum absolute atomic E-state index is 5.17. The summed E-state index contributed by atoms with van der Waals surface area (Å²) in [6.07, 6.45) is 5.39. The van der Waals surface area contributed by atoms with Crippen molar-refractivity contribution in [3.05, 3.63) is 10.7 Å². The molecule has 1 aromatic rings. The van der Waals surface area contributed by atoms with Crippen molar-refractivity contribution >= 4 is 33.6 Å². The van der Waals surface area contributed by atoms with Crippen LogP contribution in [0.4, 0.5) is 5.95 Å². The summed E-state index contributed by atoms with van der Waals surface area (Å²) in [6.45, 7) is 2.22. The van der Waals surface area contributed by atoms with Crippen LogP contribution in [0.25, 0.3) is 0 Å². The molecule has 2 rings (SSSR count). The molecule has 0 amide bonds. The van der Waals surface area contributed by atoms with Crippen molar-refractivity contribution < 1.29 is 4.74 Å². The fourth-order valence-corrected chi connectivity index (χ4v) is 3.70. The van der Waals surface area contributed by atoms with Crippen LogP contribution in [0.1, 0.15) is 26.2 Å². The van der Waals surface area contributed by atoms with E-state index in [1.165, 1.54) is 25.0 Å². The smallest absolute Gasteiger partial charge is 0.232 e. The summed E-state index contributed by atoms with van der Waals surface area (Å²) in [6, 6.07) is 0.486. The number of rotatable bonds is 5. The van der Waals surface area contributed by atoms with Gasteiger partial charge in [-0.15, -0.1) is 0 Å². The fourth-order valence-electron chi connectivity index (χ4n) is 2.21. The second-order valence-corrected chi connectivity index (χ2v) is 6.71. The molecule has 2 unspecified atom stereocenters. The van der Waals surface area contributed by atoms with Gasteiger partial charge in [-0.2, -0.15) is 16.7 Å². The topological polar surface area (TPSA) is 47.0 Å². The Kier molecular flexibility index (Phi) is 5.12. The van der Waals surface area contributed by atoms with Gasteiger partial charge in [0.2, 0.25) is 11.8 Å². The maximum Gasteiger partial charge on any atom is 0.232 e. The van der Waals surface area contributed by atoms with Crippen LogP contribution in [0.2, 0.25) is 0 Å². The molecule has 100 valence electrons. The zero-order valence-corrected chi connectivity index (χ0v) is 13.1. The molecule has 1 aromatic heterocycles. The van der Waals surface area contributed by atoms with Gasteiger partial charge in [0.05, 0.1) is 17.8 Å². The molecule has 18 heavy (non-hydrogen) atoms. The summed E-state index contributed by atoms with van der Waals surface area (Å²) in [4.78, 5) is 8.59. The Bertz CT molecular complexity index is 405. The lowest BCUT2D eigenvalue weighted by Gasteiger charge is -2.13. The molecule has 0 saturated heterocycles. The first-order valence-corrected chi connectivity index (χ1v) is 8.01. The average molecular weight is 332 g/mol. The van der Waals surface area contributed by atoms with Gasteiger partial charge < -0.3 is 10.1 Å². The molecule has 1 saturated carbocycles. The van der Waals surface area contributed by atoms with Gasteiger partial charge in [-0.25, -0.2) is 4.98 Å². The maximum atomic E-state index is 5.17. The van der Waals surface area contributed by atoms with Crippen LogP contribution in [-0.2, 0) is 0 Å². The number of hydrogen-bond donors (Lipinski definition) is 1. The SMILES string of the molecule is CCSC1CCC(Nc2ncc(Br)c(OC)n2)C1. The predicted molar refractivity (Wildman–Crippen MR) is 79.5 cm³/mol. The summed E-state index contributed by atoms with van der Waals surface area (Å²) in [5.41, 5.74) is 0. The molecule has 1 heterocycles. The number of thioether (sulfide) groups is 1. The highest BCUT2D eigenvalue weighted by Crippen LogP contribution is 2.31. The van der Waals surface area contributed by atoms with E-state index < -0.39 is 0 Å². The van der Waals surface area contributed by atoms with Gasteiger partial charge in [-0.1, -0.05) is 6.92 Å². The van der Waals surface area contributed by atoms with Crippen LogP contribution < -0.4 is 10.1 Å². The minimum absolute atomic E-state index is 0.486. The van der Waals surface area contributed by atoms with Crippen molar-refractivity contribution in [3.8, 4) is 5.88 Å². The van der Waals surface area contributed by atoms with E-state index in [4.69, 9.17) is 4.74 Å². The molecule has 6 heteroatoms. The third-order valence-corrected chi connectivity index (χ3v) is 4.80.